The van der Waals surface area contributed by atoms with E-state index in [1.807, 2.05) is 0 Å². The van der Waals surface area contributed by atoms with Crippen molar-refractivity contribution in [2.45, 2.75) is 6.42 Å². The van der Waals surface area contributed by atoms with Crippen molar-refractivity contribution in [2.75, 3.05) is 51.3 Å². The molecule has 0 spiro atoms. The molecule has 0 radical (unpaired) electrons. The number of anilines is 1. The maximum absolute atomic E-state index is 12.1. The van der Waals surface area contributed by atoms with Gasteiger partial charge >= 0.3 is 0 Å². The average Bonchev–Trinajstić information content (AvgIpc) is 2.56. The van der Waals surface area contributed by atoms with Crippen molar-refractivity contribution >= 4 is 17.5 Å². The molecule has 1 saturated heterocycles. The minimum Gasteiger partial charge on any atom is -0.379 e. The molecule has 0 saturated carbocycles. The topological polar surface area (TPSA) is 96.7 Å². The van der Waals surface area contributed by atoms with Crippen LogP contribution in [0.4, 0.5) is 5.69 Å². The summed E-state index contributed by atoms with van der Waals surface area (Å²) in [6, 6.07) is 6.82. The van der Waals surface area contributed by atoms with Gasteiger partial charge in [0.05, 0.1) is 13.2 Å². The molecule has 7 nitrogen and oxygen atoms in total. The van der Waals surface area contributed by atoms with Crippen LogP contribution in [0.15, 0.2) is 24.3 Å². The number of nitrogens with one attached hydrogen (secondary N) is 2. The van der Waals surface area contributed by atoms with Gasteiger partial charge in [-0.1, -0.05) is 0 Å². The van der Waals surface area contributed by atoms with E-state index in [9.17, 15) is 9.59 Å². The molecule has 1 heterocycles. The van der Waals surface area contributed by atoms with E-state index in [2.05, 4.69) is 15.5 Å². The number of nitrogens with two attached hydrogens (primary N) is 1. The molecule has 1 aromatic rings. The van der Waals surface area contributed by atoms with Gasteiger partial charge in [0.15, 0.2) is 0 Å². The predicted molar refractivity (Wildman–Crippen MR) is 88.3 cm³/mol. The molecule has 0 bridgehead atoms. The van der Waals surface area contributed by atoms with E-state index in [0.717, 1.165) is 32.8 Å². The third kappa shape index (κ3) is 5.97. The molecule has 1 aliphatic rings. The van der Waals surface area contributed by atoms with E-state index in [4.69, 9.17) is 10.5 Å². The number of amides is 2. The predicted octanol–water partition coefficient (Wildman–Crippen LogP) is 0.0359. The number of rotatable bonds is 7. The molecule has 0 aromatic heterocycles. The van der Waals surface area contributed by atoms with Crippen molar-refractivity contribution in [2.24, 2.45) is 5.73 Å². The highest BCUT2D eigenvalue weighted by Gasteiger charge is 2.11. The normalized spacial score (nSPS) is 15.2. The molecule has 23 heavy (non-hydrogen) atoms. The van der Waals surface area contributed by atoms with E-state index in [-0.39, 0.29) is 18.2 Å². The first-order valence-corrected chi connectivity index (χ1v) is 7.87. The fourth-order valence-electron chi connectivity index (χ4n) is 2.31. The highest BCUT2D eigenvalue weighted by atomic mass is 16.5. The Morgan fingerprint density at radius 1 is 1.17 bits per heavy atom. The summed E-state index contributed by atoms with van der Waals surface area (Å²) in [4.78, 5) is 25.8. The first-order valence-electron chi connectivity index (χ1n) is 7.87. The lowest BCUT2D eigenvalue weighted by atomic mass is 10.2. The Bertz CT molecular complexity index is 513. The Morgan fingerprint density at radius 2 is 1.87 bits per heavy atom. The second-order valence-electron chi connectivity index (χ2n) is 5.37. The number of morpholine rings is 1. The molecule has 0 aliphatic carbocycles. The number of nitrogens with zero attached hydrogens (tertiary/aromatic N) is 1. The average molecular weight is 320 g/mol. The molecule has 0 unspecified atom stereocenters. The van der Waals surface area contributed by atoms with Gasteiger partial charge in [0, 0.05) is 50.4 Å². The van der Waals surface area contributed by atoms with Crippen molar-refractivity contribution in [3.8, 4) is 0 Å². The second-order valence-corrected chi connectivity index (χ2v) is 5.37. The lowest BCUT2D eigenvalue weighted by Crippen LogP contribution is -2.41. The van der Waals surface area contributed by atoms with Gasteiger partial charge in [-0.05, 0) is 24.3 Å². The number of benzene rings is 1. The number of hydrogen-bond donors (Lipinski definition) is 3. The van der Waals surface area contributed by atoms with Crippen molar-refractivity contribution < 1.29 is 14.3 Å². The molecule has 4 N–H and O–H groups in total. The first-order chi connectivity index (χ1) is 11.2. The summed E-state index contributed by atoms with van der Waals surface area (Å²) < 4.78 is 5.28. The van der Waals surface area contributed by atoms with Crippen LogP contribution in [0.2, 0.25) is 0 Å². The van der Waals surface area contributed by atoms with Gasteiger partial charge in [-0.3, -0.25) is 14.5 Å². The molecule has 0 atom stereocenters. The Hall–Kier alpha value is -1.96. The zero-order valence-electron chi connectivity index (χ0n) is 13.2. The monoisotopic (exact) mass is 320 g/mol. The molecule has 1 aromatic carbocycles. The van der Waals surface area contributed by atoms with E-state index < -0.39 is 0 Å². The number of hydrogen-bond acceptors (Lipinski definition) is 5. The van der Waals surface area contributed by atoms with Crippen molar-refractivity contribution in [3.05, 3.63) is 29.8 Å². The molecule has 2 rings (SSSR count). The maximum Gasteiger partial charge on any atom is 0.251 e. The van der Waals surface area contributed by atoms with E-state index in [1.54, 1.807) is 24.3 Å². The molecule has 1 aliphatic heterocycles. The molecule has 7 heteroatoms. The Kier molecular flexibility index (Phi) is 6.99. The summed E-state index contributed by atoms with van der Waals surface area (Å²) in [6.45, 7) is 5.07. The Morgan fingerprint density at radius 3 is 2.52 bits per heavy atom. The van der Waals surface area contributed by atoms with Gasteiger partial charge in [0.25, 0.3) is 5.91 Å². The molecule has 2 amide bonds. The smallest absolute Gasteiger partial charge is 0.251 e. The zero-order valence-corrected chi connectivity index (χ0v) is 13.2. The minimum atomic E-state index is -0.129. The van der Waals surface area contributed by atoms with Gasteiger partial charge in [0.1, 0.15) is 0 Å². The number of carbonyl (C=O) groups is 2. The van der Waals surface area contributed by atoms with E-state index in [1.165, 1.54) is 0 Å². The van der Waals surface area contributed by atoms with Gasteiger partial charge in [-0.2, -0.15) is 0 Å². The molecule has 126 valence electrons. The largest absolute Gasteiger partial charge is 0.379 e. The third-order valence-corrected chi connectivity index (χ3v) is 3.62. The van der Waals surface area contributed by atoms with Crippen LogP contribution in [-0.4, -0.2) is 62.7 Å². The van der Waals surface area contributed by atoms with Gasteiger partial charge < -0.3 is 21.1 Å². The van der Waals surface area contributed by atoms with Crippen LogP contribution >= 0.6 is 0 Å². The summed E-state index contributed by atoms with van der Waals surface area (Å²) in [6.07, 6.45) is 0.282. The Labute approximate surface area is 136 Å². The third-order valence-electron chi connectivity index (χ3n) is 3.62. The standard InChI is InChI=1S/C16H24N4O3/c17-6-5-15(21)19-14-3-1-13(2-4-14)16(22)18-7-8-20-9-11-23-12-10-20/h1-4H,5-12,17H2,(H,18,22)(H,19,21). The maximum atomic E-state index is 12.1. The van der Waals surface area contributed by atoms with Crippen LogP contribution < -0.4 is 16.4 Å². The fourth-order valence-corrected chi connectivity index (χ4v) is 2.31. The zero-order chi connectivity index (χ0) is 16.5. The Balaban J connectivity index is 1.74. The number of carbonyl (C=O) groups excluding carboxylic acids is 2. The van der Waals surface area contributed by atoms with E-state index in [0.29, 0.717) is 24.3 Å². The van der Waals surface area contributed by atoms with Crippen LogP contribution in [0.5, 0.6) is 0 Å². The van der Waals surface area contributed by atoms with Crippen LogP contribution in [0.25, 0.3) is 0 Å². The second kappa shape index (κ2) is 9.24. The lowest BCUT2D eigenvalue weighted by Gasteiger charge is -2.26. The lowest BCUT2D eigenvalue weighted by molar-refractivity contribution is -0.116. The summed E-state index contributed by atoms with van der Waals surface area (Å²) >= 11 is 0. The quantitative estimate of drug-likeness (QED) is 0.659. The van der Waals surface area contributed by atoms with Crippen molar-refractivity contribution in [1.29, 1.82) is 0 Å². The fraction of sp³-hybridized carbons (Fsp3) is 0.500. The van der Waals surface area contributed by atoms with Crippen molar-refractivity contribution in [1.82, 2.24) is 10.2 Å². The number of ether oxygens (including phenoxy) is 1. The summed E-state index contributed by atoms with van der Waals surface area (Å²) in [7, 11) is 0. The summed E-state index contributed by atoms with van der Waals surface area (Å²) in [5.41, 5.74) is 6.56. The molecular weight excluding hydrogens is 296 g/mol. The molecular formula is C16H24N4O3. The highest BCUT2D eigenvalue weighted by Crippen LogP contribution is 2.09. The summed E-state index contributed by atoms with van der Waals surface area (Å²) in [5.74, 6) is -0.242. The van der Waals surface area contributed by atoms with Crippen LogP contribution in [0.1, 0.15) is 16.8 Å². The minimum absolute atomic E-state index is 0.113. The van der Waals surface area contributed by atoms with Gasteiger partial charge in [-0.25, -0.2) is 0 Å². The summed E-state index contributed by atoms with van der Waals surface area (Å²) in [5, 5.41) is 5.63. The first kappa shape index (κ1) is 17.4. The SMILES string of the molecule is NCCC(=O)Nc1ccc(C(=O)NCCN2CCOCC2)cc1. The molecule has 1 fully saturated rings. The highest BCUT2D eigenvalue weighted by molar-refractivity contribution is 5.95. The van der Waals surface area contributed by atoms with Crippen LogP contribution in [0.3, 0.4) is 0 Å². The van der Waals surface area contributed by atoms with Crippen LogP contribution in [0, 0.1) is 0 Å². The van der Waals surface area contributed by atoms with Gasteiger partial charge in [0.2, 0.25) is 5.91 Å². The van der Waals surface area contributed by atoms with E-state index >= 15 is 0 Å². The van der Waals surface area contributed by atoms with Crippen LogP contribution in [-0.2, 0) is 9.53 Å². The van der Waals surface area contributed by atoms with Crippen molar-refractivity contribution in [3.63, 3.8) is 0 Å². The van der Waals surface area contributed by atoms with Gasteiger partial charge in [-0.15, -0.1) is 0 Å².